The Labute approximate surface area is 177 Å². The van der Waals surface area contributed by atoms with Gasteiger partial charge in [0.05, 0.1) is 13.1 Å². The van der Waals surface area contributed by atoms with Crippen LogP contribution in [0.4, 0.5) is 9.93 Å². The minimum Gasteiger partial charge on any atom is -0.329 e. The lowest BCUT2D eigenvalue weighted by Crippen LogP contribution is -2.31. The van der Waals surface area contributed by atoms with Crippen molar-refractivity contribution in [3.8, 4) is 0 Å². The Morgan fingerprint density at radius 2 is 1.93 bits per heavy atom. The van der Waals surface area contributed by atoms with E-state index in [0.717, 1.165) is 16.2 Å². The van der Waals surface area contributed by atoms with Crippen molar-refractivity contribution in [3.05, 3.63) is 81.9 Å². The third kappa shape index (κ3) is 4.38. The van der Waals surface area contributed by atoms with Gasteiger partial charge in [-0.05, 0) is 24.1 Å². The van der Waals surface area contributed by atoms with Crippen molar-refractivity contribution in [2.75, 3.05) is 11.9 Å². The third-order valence-electron chi connectivity index (χ3n) is 4.80. The highest BCUT2D eigenvalue weighted by molar-refractivity contribution is 7.15. The lowest BCUT2D eigenvalue weighted by molar-refractivity contribution is -0.125. The van der Waals surface area contributed by atoms with Gasteiger partial charge in [0.1, 0.15) is 0 Å². The number of nitrogens with one attached hydrogen (secondary N) is 2. The van der Waals surface area contributed by atoms with Crippen LogP contribution in [0.2, 0.25) is 0 Å². The topological polar surface area (TPSA) is 91.4 Å². The van der Waals surface area contributed by atoms with E-state index >= 15 is 0 Å². The third-order valence-corrected chi connectivity index (χ3v) is 5.71. The maximum Gasteiger partial charge on any atom is 0.324 e. The molecule has 1 saturated heterocycles. The van der Waals surface area contributed by atoms with Crippen molar-refractivity contribution in [2.45, 2.75) is 19.9 Å². The molecule has 3 aromatic rings. The van der Waals surface area contributed by atoms with Crippen LogP contribution in [0.1, 0.15) is 31.9 Å². The molecule has 4 rings (SSSR count). The smallest absolute Gasteiger partial charge is 0.324 e. The molecule has 0 unspecified atom stereocenters. The Bertz CT molecular complexity index is 1090. The number of urea groups is 1. The number of amides is 4. The number of hydrogen-bond acceptors (Lipinski definition) is 5. The van der Waals surface area contributed by atoms with Crippen molar-refractivity contribution in [1.82, 2.24) is 15.2 Å². The zero-order valence-electron chi connectivity index (χ0n) is 16.3. The van der Waals surface area contributed by atoms with Gasteiger partial charge in [-0.2, -0.15) is 0 Å². The molecule has 0 bridgehead atoms. The summed E-state index contributed by atoms with van der Waals surface area (Å²) in [5, 5.41) is 5.81. The van der Waals surface area contributed by atoms with Crippen molar-refractivity contribution in [2.24, 2.45) is 0 Å². The van der Waals surface area contributed by atoms with E-state index in [1.165, 1.54) is 22.5 Å². The highest BCUT2D eigenvalue weighted by Crippen LogP contribution is 2.23. The number of rotatable bonds is 6. The largest absolute Gasteiger partial charge is 0.329 e. The van der Waals surface area contributed by atoms with Crippen LogP contribution in [0.5, 0.6) is 0 Å². The van der Waals surface area contributed by atoms with Gasteiger partial charge in [0, 0.05) is 23.1 Å². The lowest BCUT2D eigenvalue weighted by Gasteiger charge is -2.15. The Balaban J connectivity index is 1.46. The van der Waals surface area contributed by atoms with E-state index in [9.17, 15) is 14.4 Å². The SMILES string of the molecule is Cc1ccc(Cc2cnc(NC(=O)c3ccccc3CN3C(=O)CNC3=O)s2)cc1. The highest BCUT2D eigenvalue weighted by Gasteiger charge is 2.29. The molecule has 152 valence electrons. The summed E-state index contributed by atoms with van der Waals surface area (Å²) in [6.45, 7) is 2.08. The van der Waals surface area contributed by atoms with E-state index in [1.807, 2.05) is 6.92 Å². The van der Waals surface area contributed by atoms with Gasteiger partial charge < -0.3 is 5.32 Å². The monoisotopic (exact) mass is 420 g/mol. The summed E-state index contributed by atoms with van der Waals surface area (Å²) >= 11 is 1.42. The van der Waals surface area contributed by atoms with E-state index < -0.39 is 6.03 Å². The summed E-state index contributed by atoms with van der Waals surface area (Å²) in [6.07, 6.45) is 2.51. The minimum absolute atomic E-state index is 0.0178. The zero-order valence-corrected chi connectivity index (χ0v) is 17.2. The van der Waals surface area contributed by atoms with Gasteiger partial charge in [-0.25, -0.2) is 9.78 Å². The van der Waals surface area contributed by atoms with Crippen molar-refractivity contribution < 1.29 is 14.4 Å². The summed E-state index contributed by atoms with van der Waals surface area (Å²) < 4.78 is 0. The number of aryl methyl sites for hydroxylation is 1. The first kappa shape index (κ1) is 19.8. The molecule has 1 fully saturated rings. The maximum absolute atomic E-state index is 12.8. The average Bonchev–Trinajstić information content (AvgIpc) is 3.31. The minimum atomic E-state index is -0.448. The summed E-state index contributed by atoms with van der Waals surface area (Å²) in [6, 6.07) is 14.8. The summed E-state index contributed by atoms with van der Waals surface area (Å²) in [5.74, 6) is -0.634. The number of anilines is 1. The van der Waals surface area contributed by atoms with E-state index in [4.69, 9.17) is 0 Å². The Morgan fingerprint density at radius 1 is 1.17 bits per heavy atom. The molecular formula is C22H20N4O3S. The van der Waals surface area contributed by atoms with Crippen LogP contribution in [0.3, 0.4) is 0 Å². The molecule has 4 amide bonds. The van der Waals surface area contributed by atoms with E-state index in [0.29, 0.717) is 16.3 Å². The number of carbonyl (C=O) groups excluding carboxylic acids is 3. The number of carbonyl (C=O) groups is 3. The number of benzene rings is 2. The van der Waals surface area contributed by atoms with Crippen LogP contribution >= 0.6 is 11.3 Å². The molecule has 8 heteroatoms. The normalized spacial score (nSPS) is 13.4. The Kier molecular flexibility index (Phi) is 5.58. The van der Waals surface area contributed by atoms with Gasteiger partial charge >= 0.3 is 6.03 Å². The van der Waals surface area contributed by atoms with E-state index in [2.05, 4.69) is 39.9 Å². The molecule has 0 atom stereocenters. The Hall–Kier alpha value is -3.52. The molecule has 0 aliphatic carbocycles. The fraction of sp³-hybridized carbons (Fsp3) is 0.182. The maximum atomic E-state index is 12.8. The molecular weight excluding hydrogens is 400 g/mol. The van der Waals surface area contributed by atoms with Gasteiger partial charge in [-0.1, -0.05) is 48.0 Å². The predicted molar refractivity (Wildman–Crippen MR) is 114 cm³/mol. The molecule has 2 heterocycles. The van der Waals surface area contributed by atoms with Crippen molar-refractivity contribution in [3.63, 3.8) is 0 Å². The van der Waals surface area contributed by atoms with Crippen LogP contribution in [-0.4, -0.2) is 34.3 Å². The molecule has 0 radical (unpaired) electrons. The second-order valence-corrected chi connectivity index (χ2v) is 8.16. The fourth-order valence-corrected chi connectivity index (χ4v) is 4.03. The molecule has 1 aliphatic rings. The highest BCUT2D eigenvalue weighted by atomic mass is 32.1. The van der Waals surface area contributed by atoms with E-state index in [-0.39, 0.29) is 24.9 Å². The molecule has 7 nitrogen and oxygen atoms in total. The first-order valence-corrected chi connectivity index (χ1v) is 10.3. The zero-order chi connectivity index (χ0) is 21.1. The van der Waals surface area contributed by atoms with Crippen molar-refractivity contribution >= 4 is 34.3 Å². The molecule has 0 spiro atoms. The number of imide groups is 1. The van der Waals surface area contributed by atoms with Gasteiger partial charge in [0.2, 0.25) is 5.91 Å². The van der Waals surface area contributed by atoms with Crippen LogP contribution in [0, 0.1) is 6.92 Å². The molecule has 0 saturated carbocycles. The Morgan fingerprint density at radius 3 is 2.67 bits per heavy atom. The average molecular weight is 420 g/mol. The summed E-state index contributed by atoms with van der Waals surface area (Å²) in [4.78, 5) is 43.0. The van der Waals surface area contributed by atoms with E-state index in [1.54, 1.807) is 30.5 Å². The summed E-state index contributed by atoms with van der Waals surface area (Å²) in [7, 11) is 0. The van der Waals surface area contributed by atoms with Crippen LogP contribution < -0.4 is 10.6 Å². The first-order valence-electron chi connectivity index (χ1n) is 9.47. The van der Waals surface area contributed by atoms with Gasteiger partial charge in [-0.15, -0.1) is 11.3 Å². The molecule has 1 aromatic heterocycles. The molecule has 30 heavy (non-hydrogen) atoms. The first-order chi connectivity index (χ1) is 14.5. The number of thiazole rings is 1. The quantitative estimate of drug-likeness (QED) is 0.599. The van der Waals surface area contributed by atoms with Gasteiger partial charge in [-0.3, -0.25) is 19.8 Å². The predicted octanol–water partition coefficient (Wildman–Crippen LogP) is 3.35. The lowest BCUT2D eigenvalue weighted by atomic mass is 10.1. The van der Waals surface area contributed by atoms with Crippen LogP contribution in [-0.2, 0) is 17.8 Å². The fourth-order valence-electron chi connectivity index (χ4n) is 3.18. The second kappa shape index (κ2) is 8.46. The molecule has 2 aromatic carbocycles. The van der Waals surface area contributed by atoms with Gasteiger partial charge in [0.25, 0.3) is 5.91 Å². The van der Waals surface area contributed by atoms with Crippen molar-refractivity contribution in [1.29, 1.82) is 0 Å². The second-order valence-electron chi connectivity index (χ2n) is 7.04. The van der Waals surface area contributed by atoms with Gasteiger partial charge in [0.15, 0.2) is 5.13 Å². The summed E-state index contributed by atoms with van der Waals surface area (Å²) in [5.41, 5.74) is 3.39. The number of nitrogens with zero attached hydrogens (tertiary/aromatic N) is 2. The van der Waals surface area contributed by atoms with Crippen LogP contribution in [0.15, 0.2) is 54.7 Å². The van der Waals surface area contributed by atoms with Crippen LogP contribution in [0.25, 0.3) is 0 Å². The standard InChI is InChI=1S/C22H20N4O3S/c1-14-6-8-15(9-7-14)10-17-11-23-21(30-17)25-20(28)18-5-3-2-4-16(18)13-26-19(27)12-24-22(26)29/h2-9,11H,10,12-13H2,1H3,(H,24,29)(H,23,25,28). The molecule has 1 aliphatic heterocycles. The number of hydrogen-bond donors (Lipinski definition) is 2. The molecule has 2 N–H and O–H groups in total. The number of aromatic nitrogens is 1.